The van der Waals surface area contributed by atoms with Crippen molar-refractivity contribution in [2.24, 2.45) is 0 Å². The van der Waals surface area contributed by atoms with Gasteiger partial charge in [-0.25, -0.2) is 0 Å². The Balaban J connectivity index is 3.53. The highest BCUT2D eigenvalue weighted by molar-refractivity contribution is 5.69. The highest BCUT2D eigenvalue weighted by Gasteiger charge is 2.15. The summed E-state index contributed by atoms with van der Waals surface area (Å²) in [6, 6.07) is 0. The van der Waals surface area contributed by atoms with Gasteiger partial charge in [0.25, 0.3) is 0 Å². The fourth-order valence-electron chi connectivity index (χ4n) is 0.783. The summed E-state index contributed by atoms with van der Waals surface area (Å²) in [5.74, 6) is -0.121. The average Bonchev–Trinajstić information content (AvgIpc) is 1.84. The van der Waals surface area contributed by atoms with Crippen molar-refractivity contribution in [3.63, 3.8) is 0 Å². The molecule has 0 saturated heterocycles. The van der Waals surface area contributed by atoms with Gasteiger partial charge in [0.15, 0.2) is 0 Å². The SMILES string of the molecule is C=CCCCC(=O)OC(C)(C)C. The van der Waals surface area contributed by atoms with E-state index in [4.69, 9.17) is 4.74 Å². The largest absolute Gasteiger partial charge is 0.460 e. The molecule has 0 amide bonds. The summed E-state index contributed by atoms with van der Waals surface area (Å²) < 4.78 is 5.11. The molecule has 0 aromatic carbocycles. The lowest BCUT2D eigenvalue weighted by molar-refractivity contribution is -0.154. The molecule has 0 heterocycles. The molecule has 2 nitrogen and oxygen atoms in total. The predicted molar refractivity (Wildman–Crippen MR) is 49.9 cm³/mol. The van der Waals surface area contributed by atoms with Gasteiger partial charge >= 0.3 is 5.97 Å². The van der Waals surface area contributed by atoms with Gasteiger partial charge in [0.1, 0.15) is 5.60 Å². The van der Waals surface area contributed by atoms with Gasteiger partial charge < -0.3 is 4.74 Å². The van der Waals surface area contributed by atoms with Crippen molar-refractivity contribution in [3.8, 4) is 0 Å². The smallest absolute Gasteiger partial charge is 0.306 e. The van der Waals surface area contributed by atoms with Gasteiger partial charge in [-0.1, -0.05) is 6.08 Å². The molecule has 70 valence electrons. The fraction of sp³-hybridized carbons (Fsp3) is 0.700. The number of carbonyl (C=O) groups excluding carboxylic acids is 1. The van der Waals surface area contributed by atoms with Crippen molar-refractivity contribution < 1.29 is 9.53 Å². The molecule has 2 heteroatoms. The van der Waals surface area contributed by atoms with E-state index in [0.717, 1.165) is 12.8 Å². The van der Waals surface area contributed by atoms with Crippen LogP contribution in [0.4, 0.5) is 0 Å². The number of carbonyl (C=O) groups is 1. The first-order chi connectivity index (χ1) is 5.45. The molecule has 0 unspecified atom stereocenters. The molecular weight excluding hydrogens is 152 g/mol. The molecule has 0 N–H and O–H groups in total. The van der Waals surface area contributed by atoms with Gasteiger partial charge in [0.2, 0.25) is 0 Å². The van der Waals surface area contributed by atoms with Crippen LogP contribution in [0.25, 0.3) is 0 Å². The van der Waals surface area contributed by atoms with Gasteiger partial charge in [-0.15, -0.1) is 6.58 Å². The van der Waals surface area contributed by atoms with Crippen molar-refractivity contribution in [3.05, 3.63) is 12.7 Å². The minimum atomic E-state index is -0.356. The van der Waals surface area contributed by atoms with Crippen LogP contribution in [0.15, 0.2) is 12.7 Å². The maximum absolute atomic E-state index is 11.1. The van der Waals surface area contributed by atoms with E-state index in [-0.39, 0.29) is 11.6 Å². The van der Waals surface area contributed by atoms with Crippen molar-refractivity contribution in [1.29, 1.82) is 0 Å². The number of hydrogen-bond acceptors (Lipinski definition) is 2. The first kappa shape index (κ1) is 11.2. The second-order valence-electron chi connectivity index (χ2n) is 3.77. The number of ether oxygens (including phenoxy) is 1. The summed E-state index contributed by atoms with van der Waals surface area (Å²) in [7, 11) is 0. The first-order valence-electron chi connectivity index (χ1n) is 4.28. The van der Waals surface area contributed by atoms with Gasteiger partial charge in [0, 0.05) is 6.42 Å². The van der Waals surface area contributed by atoms with E-state index in [1.54, 1.807) is 0 Å². The minimum absolute atomic E-state index is 0.121. The lowest BCUT2D eigenvalue weighted by Crippen LogP contribution is -2.23. The molecule has 0 fully saturated rings. The van der Waals surface area contributed by atoms with Crippen LogP contribution in [-0.2, 0) is 9.53 Å². The van der Waals surface area contributed by atoms with E-state index < -0.39 is 0 Å². The van der Waals surface area contributed by atoms with Crippen LogP contribution in [0.3, 0.4) is 0 Å². The van der Waals surface area contributed by atoms with E-state index >= 15 is 0 Å². The zero-order chi connectivity index (χ0) is 9.61. The summed E-state index contributed by atoms with van der Waals surface area (Å²) in [6.45, 7) is 9.20. The third kappa shape index (κ3) is 7.32. The zero-order valence-electron chi connectivity index (χ0n) is 8.22. The second-order valence-corrected chi connectivity index (χ2v) is 3.77. The van der Waals surface area contributed by atoms with Crippen LogP contribution in [0.5, 0.6) is 0 Å². The molecular formula is C10H18O2. The summed E-state index contributed by atoms with van der Waals surface area (Å²) >= 11 is 0. The van der Waals surface area contributed by atoms with Crippen LogP contribution in [0.1, 0.15) is 40.0 Å². The van der Waals surface area contributed by atoms with E-state index in [2.05, 4.69) is 6.58 Å². The number of allylic oxidation sites excluding steroid dienone is 1. The molecule has 0 aromatic rings. The van der Waals surface area contributed by atoms with Crippen molar-refractivity contribution in [2.75, 3.05) is 0 Å². The summed E-state index contributed by atoms with van der Waals surface area (Å²) in [5.41, 5.74) is -0.356. The van der Waals surface area contributed by atoms with E-state index in [1.165, 1.54) is 0 Å². The van der Waals surface area contributed by atoms with Gasteiger partial charge in [-0.05, 0) is 33.6 Å². The second kappa shape index (κ2) is 4.96. The average molecular weight is 170 g/mol. The first-order valence-corrected chi connectivity index (χ1v) is 4.28. The molecule has 0 radical (unpaired) electrons. The van der Waals surface area contributed by atoms with Crippen LogP contribution in [0.2, 0.25) is 0 Å². The van der Waals surface area contributed by atoms with E-state index in [0.29, 0.717) is 6.42 Å². The number of rotatable bonds is 4. The normalized spacial score (nSPS) is 10.9. The Bertz CT molecular complexity index is 154. The standard InChI is InChI=1S/C10H18O2/c1-5-6-7-8-9(11)12-10(2,3)4/h5H,1,6-8H2,2-4H3. The Hall–Kier alpha value is -0.790. The lowest BCUT2D eigenvalue weighted by Gasteiger charge is -2.19. The van der Waals surface area contributed by atoms with E-state index in [1.807, 2.05) is 26.8 Å². The van der Waals surface area contributed by atoms with Gasteiger partial charge in [-0.2, -0.15) is 0 Å². The van der Waals surface area contributed by atoms with Gasteiger partial charge in [0.05, 0.1) is 0 Å². The monoisotopic (exact) mass is 170 g/mol. The molecule has 0 spiro atoms. The Morgan fingerprint density at radius 1 is 1.50 bits per heavy atom. The third-order valence-electron chi connectivity index (χ3n) is 1.21. The Morgan fingerprint density at radius 2 is 2.08 bits per heavy atom. The number of esters is 1. The van der Waals surface area contributed by atoms with E-state index in [9.17, 15) is 4.79 Å². The Labute approximate surface area is 74.6 Å². The molecule has 0 aliphatic carbocycles. The highest BCUT2D eigenvalue weighted by Crippen LogP contribution is 2.09. The minimum Gasteiger partial charge on any atom is -0.460 e. The molecule has 12 heavy (non-hydrogen) atoms. The van der Waals surface area contributed by atoms with Crippen molar-refractivity contribution in [2.45, 2.75) is 45.6 Å². The maximum Gasteiger partial charge on any atom is 0.306 e. The Kier molecular flexibility index (Phi) is 4.64. The van der Waals surface area contributed by atoms with Crippen molar-refractivity contribution in [1.82, 2.24) is 0 Å². The third-order valence-corrected chi connectivity index (χ3v) is 1.21. The van der Waals surface area contributed by atoms with Crippen LogP contribution >= 0.6 is 0 Å². The predicted octanol–water partition coefficient (Wildman–Crippen LogP) is 2.68. The molecule has 0 bridgehead atoms. The molecule has 0 rings (SSSR count). The van der Waals surface area contributed by atoms with Crippen molar-refractivity contribution >= 4 is 5.97 Å². The summed E-state index contributed by atoms with van der Waals surface area (Å²) in [4.78, 5) is 11.1. The molecule has 0 aromatic heterocycles. The summed E-state index contributed by atoms with van der Waals surface area (Å²) in [5, 5.41) is 0. The quantitative estimate of drug-likeness (QED) is 0.368. The van der Waals surface area contributed by atoms with Crippen LogP contribution in [-0.4, -0.2) is 11.6 Å². The molecule has 0 aliphatic rings. The molecule has 0 saturated carbocycles. The zero-order valence-corrected chi connectivity index (χ0v) is 8.22. The number of unbranched alkanes of at least 4 members (excludes halogenated alkanes) is 1. The van der Waals surface area contributed by atoms with Crippen LogP contribution < -0.4 is 0 Å². The summed E-state index contributed by atoms with van der Waals surface area (Å²) in [6.07, 6.45) is 4.01. The fourth-order valence-corrected chi connectivity index (χ4v) is 0.783. The molecule has 0 atom stereocenters. The maximum atomic E-state index is 11.1. The van der Waals surface area contributed by atoms with Crippen LogP contribution in [0, 0.1) is 0 Å². The topological polar surface area (TPSA) is 26.3 Å². The molecule has 0 aliphatic heterocycles. The van der Waals surface area contributed by atoms with Gasteiger partial charge in [-0.3, -0.25) is 4.79 Å². The lowest BCUT2D eigenvalue weighted by atomic mass is 10.2. The number of hydrogen-bond donors (Lipinski definition) is 0. The Morgan fingerprint density at radius 3 is 2.50 bits per heavy atom. The highest BCUT2D eigenvalue weighted by atomic mass is 16.6.